The highest BCUT2D eigenvalue weighted by Gasteiger charge is 2.29. The van der Waals surface area contributed by atoms with Gasteiger partial charge in [-0.2, -0.15) is 0 Å². The smallest absolute Gasteiger partial charge is 0.254 e. The number of carbonyl (C=O) groups excluding carboxylic acids is 3. The first-order valence-electron chi connectivity index (χ1n) is 10.2. The largest absolute Gasteiger partial charge is 0.349 e. The fraction of sp³-hybridized carbons (Fsp3) is 0.348. The molecule has 2 aliphatic heterocycles. The quantitative estimate of drug-likeness (QED) is 0.844. The Kier molecular flexibility index (Phi) is 5.79. The van der Waals surface area contributed by atoms with Gasteiger partial charge in [0.05, 0.1) is 5.56 Å². The van der Waals surface area contributed by atoms with Crippen LogP contribution in [0.15, 0.2) is 48.5 Å². The second kappa shape index (κ2) is 8.65. The molecule has 0 bridgehead atoms. The Hall–Kier alpha value is -3.22. The predicted molar refractivity (Wildman–Crippen MR) is 111 cm³/mol. The topological polar surface area (TPSA) is 69.7 Å². The third-order valence-electron chi connectivity index (χ3n) is 5.79. The summed E-state index contributed by atoms with van der Waals surface area (Å²) < 4.78 is 13.8. The van der Waals surface area contributed by atoms with Gasteiger partial charge in [0.25, 0.3) is 5.91 Å². The summed E-state index contributed by atoms with van der Waals surface area (Å²) in [5, 5.41) is 2.86. The number of hydrogen-bond donors (Lipinski definition) is 1. The first kappa shape index (κ1) is 20.1. The minimum Gasteiger partial charge on any atom is -0.349 e. The van der Waals surface area contributed by atoms with Gasteiger partial charge in [-0.05, 0) is 43.0 Å². The molecule has 1 saturated heterocycles. The SMILES string of the molecule is O=C(NC1CCN(C(=O)CN2C(=O)CCc3ccccc32)CC1)c1ccccc1F. The number of nitrogens with zero attached hydrogens (tertiary/aromatic N) is 2. The zero-order chi connectivity index (χ0) is 21.1. The van der Waals surface area contributed by atoms with Gasteiger partial charge in [0.15, 0.2) is 0 Å². The molecule has 0 saturated carbocycles. The first-order chi connectivity index (χ1) is 14.5. The molecule has 30 heavy (non-hydrogen) atoms. The van der Waals surface area contributed by atoms with Crippen LogP contribution < -0.4 is 10.2 Å². The summed E-state index contributed by atoms with van der Waals surface area (Å²) in [6.07, 6.45) is 2.30. The van der Waals surface area contributed by atoms with E-state index in [1.54, 1.807) is 21.9 Å². The molecular weight excluding hydrogens is 385 g/mol. The Labute approximate surface area is 174 Å². The van der Waals surface area contributed by atoms with Crippen LogP contribution in [0.2, 0.25) is 0 Å². The molecule has 0 atom stereocenters. The minimum absolute atomic E-state index is 0.0262. The zero-order valence-corrected chi connectivity index (χ0v) is 16.6. The number of aryl methyl sites for hydroxylation is 1. The van der Waals surface area contributed by atoms with E-state index < -0.39 is 11.7 Å². The monoisotopic (exact) mass is 409 g/mol. The molecule has 0 aliphatic carbocycles. The van der Waals surface area contributed by atoms with E-state index in [4.69, 9.17) is 0 Å². The first-order valence-corrected chi connectivity index (χ1v) is 10.2. The van der Waals surface area contributed by atoms with E-state index in [0.29, 0.717) is 38.8 Å². The maximum Gasteiger partial charge on any atom is 0.254 e. The van der Waals surface area contributed by atoms with E-state index in [-0.39, 0.29) is 30.0 Å². The Morgan fingerprint density at radius 2 is 1.70 bits per heavy atom. The minimum atomic E-state index is -0.547. The van der Waals surface area contributed by atoms with Crippen molar-refractivity contribution in [3.05, 3.63) is 65.5 Å². The Morgan fingerprint density at radius 3 is 2.47 bits per heavy atom. The number of carbonyl (C=O) groups is 3. The molecule has 156 valence electrons. The van der Waals surface area contributed by atoms with Gasteiger partial charge in [0, 0.05) is 31.2 Å². The second-order valence-electron chi connectivity index (χ2n) is 7.72. The van der Waals surface area contributed by atoms with Crippen LogP contribution in [-0.2, 0) is 16.0 Å². The van der Waals surface area contributed by atoms with Crippen LogP contribution in [0.5, 0.6) is 0 Å². The van der Waals surface area contributed by atoms with Gasteiger partial charge in [-0.3, -0.25) is 14.4 Å². The molecule has 2 heterocycles. The molecular formula is C23H24FN3O3. The third-order valence-corrected chi connectivity index (χ3v) is 5.79. The number of halogens is 1. The number of nitrogens with one attached hydrogen (secondary N) is 1. The third kappa shape index (κ3) is 4.20. The molecule has 1 N–H and O–H groups in total. The van der Waals surface area contributed by atoms with Gasteiger partial charge in [0.1, 0.15) is 12.4 Å². The lowest BCUT2D eigenvalue weighted by atomic mass is 10.0. The van der Waals surface area contributed by atoms with Gasteiger partial charge in [-0.1, -0.05) is 30.3 Å². The Morgan fingerprint density at radius 1 is 1.00 bits per heavy atom. The lowest BCUT2D eigenvalue weighted by Crippen LogP contribution is -2.50. The number of amides is 3. The van der Waals surface area contributed by atoms with Crippen molar-refractivity contribution in [1.29, 1.82) is 0 Å². The van der Waals surface area contributed by atoms with Gasteiger partial charge in [-0.15, -0.1) is 0 Å². The fourth-order valence-electron chi connectivity index (χ4n) is 4.09. The summed E-state index contributed by atoms with van der Waals surface area (Å²) in [5.74, 6) is -1.12. The van der Waals surface area contributed by atoms with Crippen LogP contribution in [-0.4, -0.2) is 48.3 Å². The number of hydrogen-bond acceptors (Lipinski definition) is 3. The summed E-state index contributed by atoms with van der Waals surface area (Å²) in [6, 6.07) is 13.5. The van der Waals surface area contributed by atoms with E-state index in [1.807, 2.05) is 24.3 Å². The number of piperidine rings is 1. The summed E-state index contributed by atoms with van der Waals surface area (Å²) in [6.45, 7) is 1.01. The van der Waals surface area contributed by atoms with Gasteiger partial charge < -0.3 is 15.1 Å². The van der Waals surface area contributed by atoms with Crippen molar-refractivity contribution in [3.63, 3.8) is 0 Å². The lowest BCUT2D eigenvalue weighted by molar-refractivity contribution is -0.132. The van der Waals surface area contributed by atoms with Gasteiger partial charge >= 0.3 is 0 Å². The van der Waals surface area contributed by atoms with E-state index in [0.717, 1.165) is 11.3 Å². The van der Waals surface area contributed by atoms with Crippen molar-refractivity contribution in [3.8, 4) is 0 Å². The van der Waals surface area contributed by atoms with Crippen molar-refractivity contribution < 1.29 is 18.8 Å². The maximum absolute atomic E-state index is 13.8. The van der Waals surface area contributed by atoms with Crippen molar-refractivity contribution >= 4 is 23.4 Å². The summed E-state index contributed by atoms with van der Waals surface area (Å²) >= 11 is 0. The highest BCUT2D eigenvalue weighted by Crippen LogP contribution is 2.27. The van der Waals surface area contributed by atoms with E-state index in [2.05, 4.69) is 5.32 Å². The molecule has 6 nitrogen and oxygen atoms in total. The number of benzene rings is 2. The molecule has 2 aromatic carbocycles. The van der Waals surface area contributed by atoms with Crippen molar-refractivity contribution in [2.75, 3.05) is 24.5 Å². The standard InChI is InChI=1S/C23H24FN3O3/c24-19-7-3-2-6-18(19)23(30)25-17-11-13-26(14-12-17)22(29)15-27-20-8-4-1-5-16(20)9-10-21(27)28/h1-8,17H,9-15H2,(H,25,30). The van der Waals surface area contributed by atoms with E-state index in [1.165, 1.54) is 12.1 Å². The fourth-order valence-corrected chi connectivity index (χ4v) is 4.09. The average Bonchev–Trinajstić information content (AvgIpc) is 2.76. The Balaban J connectivity index is 1.32. The van der Waals surface area contributed by atoms with Crippen LogP contribution in [0.25, 0.3) is 0 Å². The van der Waals surface area contributed by atoms with Gasteiger partial charge in [-0.25, -0.2) is 4.39 Å². The summed E-state index contributed by atoms with van der Waals surface area (Å²) in [4.78, 5) is 40.8. The number of fused-ring (bicyclic) bond motifs is 1. The van der Waals surface area contributed by atoms with Crippen LogP contribution >= 0.6 is 0 Å². The highest BCUT2D eigenvalue weighted by atomic mass is 19.1. The number of likely N-dealkylation sites (tertiary alicyclic amines) is 1. The number of anilines is 1. The molecule has 0 unspecified atom stereocenters. The van der Waals surface area contributed by atoms with Crippen LogP contribution in [0.4, 0.5) is 10.1 Å². The molecule has 0 radical (unpaired) electrons. The lowest BCUT2D eigenvalue weighted by Gasteiger charge is -2.35. The predicted octanol–water partition coefficient (Wildman–Crippen LogP) is 2.53. The normalized spacial score (nSPS) is 16.9. The molecule has 0 spiro atoms. The average molecular weight is 409 g/mol. The highest BCUT2D eigenvalue weighted by molar-refractivity contribution is 6.01. The summed E-state index contributed by atoms with van der Waals surface area (Å²) in [5.41, 5.74) is 1.92. The summed E-state index contributed by atoms with van der Waals surface area (Å²) in [7, 11) is 0. The van der Waals surface area contributed by atoms with Crippen molar-refractivity contribution in [2.24, 2.45) is 0 Å². The number of rotatable bonds is 4. The zero-order valence-electron chi connectivity index (χ0n) is 16.6. The molecule has 2 aliphatic rings. The molecule has 2 aromatic rings. The van der Waals surface area contributed by atoms with Crippen molar-refractivity contribution in [2.45, 2.75) is 31.7 Å². The molecule has 7 heteroatoms. The van der Waals surface area contributed by atoms with Crippen LogP contribution in [0.1, 0.15) is 35.2 Å². The van der Waals surface area contributed by atoms with Gasteiger partial charge in [0.2, 0.25) is 11.8 Å². The maximum atomic E-state index is 13.8. The number of para-hydroxylation sites is 1. The molecule has 1 fully saturated rings. The Bertz CT molecular complexity index is 970. The second-order valence-corrected chi connectivity index (χ2v) is 7.72. The van der Waals surface area contributed by atoms with E-state index in [9.17, 15) is 18.8 Å². The van der Waals surface area contributed by atoms with E-state index >= 15 is 0 Å². The van der Waals surface area contributed by atoms with Crippen molar-refractivity contribution in [1.82, 2.24) is 10.2 Å². The molecule has 0 aromatic heterocycles. The molecule has 3 amide bonds. The van der Waals surface area contributed by atoms with Crippen LogP contribution in [0, 0.1) is 5.82 Å². The van der Waals surface area contributed by atoms with Crippen LogP contribution in [0.3, 0.4) is 0 Å². The molecule has 4 rings (SSSR count).